The maximum Gasteiger partial charge on any atom is 0.153 e. The minimum atomic E-state index is -1.43. The van der Waals surface area contributed by atoms with Crippen LogP contribution < -0.4 is 0 Å². The third-order valence-electron chi connectivity index (χ3n) is 2.24. The third-order valence-corrected chi connectivity index (χ3v) is 2.24. The number of aldehydes is 1. The number of aromatic hydroxyl groups is 1. The number of benzene rings is 1. The van der Waals surface area contributed by atoms with Gasteiger partial charge in [-0.3, -0.25) is 4.79 Å². The summed E-state index contributed by atoms with van der Waals surface area (Å²) in [5.41, 5.74) is 8.10. The van der Waals surface area contributed by atoms with Gasteiger partial charge in [-0.2, -0.15) is 0 Å². The minimum Gasteiger partial charge on any atom is -0.507 e. The van der Waals surface area contributed by atoms with E-state index >= 15 is 0 Å². The van der Waals surface area contributed by atoms with Crippen molar-refractivity contribution in [3.63, 3.8) is 0 Å². The Kier molecular flexibility index (Phi) is 4.47. The number of hydrogen-bond donors (Lipinski definition) is 3. The molecule has 0 aromatic heterocycles. The number of carbonyl (C=O) groups is 1. The monoisotopic (exact) mass is 237 g/mol. The van der Waals surface area contributed by atoms with E-state index in [4.69, 9.17) is 5.53 Å². The molecule has 0 saturated carbocycles. The molecular formula is C10H11N3O4. The van der Waals surface area contributed by atoms with Gasteiger partial charge in [-0.1, -0.05) is 17.2 Å². The fourth-order valence-corrected chi connectivity index (χ4v) is 1.34. The Morgan fingerprint density at radius 3 is 2.76 bits per heavy atom. The van der Waals surface area contributed by atoms with Crippen LogP contribution >= 0.6 is 0 Å². The molecule has 0 bridgehead atoms. The van der Waals surface area contributed by atoms with Crippen LogP contribution in [-0.4, -0.2) is 34.3 Å². The molecule has 17 heavy (non-hydrogen) atoms. The average Bonchev–Trinajstić information content (AvgIpc) is 2.35. The molecule has 2 atom stereocenters. The van der Waals surface area contributed by atoms with Crippen LogP contribution in [-0.2, 0) is 0 Å². The number of nitrogens with zero attached hydrogens (tertiary/aromatic N) is 3. The van der Waals surface area contributed by atoms with Crippen LogP contribution in [0.5, 0.6) is 5.75 Å². The van der Waals surface area contributed by atoms with E-state index < -0.39 is 18.0 Å². The van der Waals surface area contributed by atoms with E-state index in [0.717, 1.165) is 0 Å². The number of para-hydroxylation sites is 1. The van der Waals surface area contributed by atoms with E-state index in [1.165, 1.54) is 18.2 Å². The molecule has 0 aliphatic heterocycles. The second-order valence-corrected chi connectivity index (χ2v) is 3.33. The lowest BCUT2D eigenvalue weighted by Crippen LogP contribution is -2.21. The second kappa shape index (κ2) is 5.86. The summed E-state index contributed by atoms with van der Waals surface area (Å²) in [7, 11) is 0. The number of azide groups is 1. The lowest BCUT2D eigenvalue weighted by Gasteiger charge is -2.17. The van der Waals surface area contributed by atoms with Gasteiger partial charge in [0.1, 0.15) is 11.9 Å². The van der Waals surface area contributed by atoms with Gasteiger partial charge in [0, 0.05) is 10.5 Å². The fraction of sp³-hybridized carbons (Fsp3) is 0.300. The third kappa shape index (κ3) is 2.94. The van der Waals surface area contributed by atoms with Crippen molar-refractivity contribution >= 4 is 6.29 Å². The van der Waals surface area contributed by atoms with E-state index in [1.807, 2.05) is 0 Å². The number of carbonyl (C=O) groups excluding carboxylic acids is 1. The standard InChI is InChI=1S/C10H11N3O4/c11-13-12-4-8(15)10(17)7-3-1-2-6(5-14)9(7)16/h1-3,5,8,10,15-17H,4H2. The Balaban J connectivity index is 2.99. The summed E-state index contributed by atoms with van der Waals surface area (Å²) in [4.78, 5) is 13.0. The SMILES string of the molecule is [N-]=[N+]=NCC(O)C(O)c1cccc(C=O)c1O. The van der Waals surface area contributed by atoms with Gasteiger partial charge in [0.2, 0.25) is 0 Å². The van der Waals surface area contributed by atoms with Crippen molar-refractivity contribution in [2.45, 2.75) is 12.2 Å². The molecule has 0 radical (unpaired) electrons. The molecule has 0 spiro atoms. The topological polar surface area (TPSA) is 127 Å². The highest BCUT2D eigenvalue weighted by molar-refractivity contribution is 5.80. The summed E-state index contributed by atoms with van der Waals surface area (Å²) in [5, 5.41) is 31.9. The molecule has 0 heterocycles. The van der Waals surface area contributed by atoms with Gasteiger partial charge < -0.3 is 15.3 Å². The van der Waals surface area contributed by atoms with Gasteiger partial charge in [0.25, 0.3) is 0 Å². The highest BCUT2D eigenvalue weighted by Gasteiger charge is 2.21. The average molecular weight is 237 g/mol. The predicted octanol–water partition coefficient (Wildman–Crippen LogP) is 0.909. The first kappa shape index (κ1) is 13.0. The van der Waals surface area contributed by atoms with Crippen LogP contribution in [0.15, 0.2) is 23.3 Å². The van der Waals surface area contributed by atoms with Crippen LogP contribution in [0, 0.1) is 0 Å². The highest BCUT2D eigenvalue weighted by Crippen LogP contribution is 2.28. The van der Waals surface area contributed by atoms with Crippen molar-refractivity contribution in [1.82, 2.24) is 0 Å². The second-order valence-electron chi connectivity index (χ2n) is 3.33. The molecule has 1 aromatic carbocycles. The Labute approximate surface area is 96.6 Å². The van der Waals surface area contributed by atoms with E-state index in [1.54, 1.807) is 0 Å². The van der Waals surface area contributed by atoms with Gasteiger partial charge in [0.15, 0.2) is 6.29 Å². The number of phenols is 1. The Bertz CT molecular complexity index is 457. The summed E-state index contributed by atoms with van der Waals surface area (Å²) >= 11 is 0. The molecule has 0 aliphatic rings. The summed E-state index contributed by atoms with van der Waals surface area (Å²) in [5.74, 6) is -0.394. The van der Waals surface area contributed by atoms with E-state index in [-0.39, 0.29) is 17.7 Å². The zero-order valence-electron chi connectivity index (χ0n) is 8.76. The van der Waals surface area contributed by atoms with Crippen LogP contribution in [0.3, 0.4) is 0 Å². The molecule has 0 amide bonds. The van der Waals surface area contributed by atoms with Crippen LogP contribution in [0.2, 0.25) is 0 Å². The zero-order valence-corrected chi connectivity index (χ0v) is 8.76. The molecule has 0 saturated heterocycles. The Hall–Kier alpha value is -2.08. The fourth-order valence-electron chi connectivity index (χ4n) is 1.34. The molecule has 1 rings (SSSR count). The van der Waals surface area contributed by atoms with Crippen LogP contribution in [0.4, 0.5) is 0 Å². The van der Waals surface area contributed by atoms with Crippen LogP contribution in [0.1, 0.15) is 22.0 Å². The summed E-state index contributed by atoms with van der Waals surface area (Å²) in [6, 6.07) is 4.20. The van der Waals surface area contributed by atoms with Gasteiger partial charge in [-0.05, 0) is 11.6 Å². The molecule has 1 aromatic rings. The molecule has 0 fully saturated rings. The quantitative estimate of drug-likeness (QED) is 0.304. The van der Waals surface area contributed by atoms with Gasteiger partial charge in [-0.15, -0.1) is 0 Å². The van der Waals surface area contributed by atoms with E-state index in [0.29, 0.717) is 6.29 Å². The molecule has 0 aliphatic carbocycles. The minimum absolute atomic E-state index is 0.00948. The van der Waals surface area contributed by atoms with Crippen molar-refractivity contribution in [1.29, 1.82) is 0 Å². The van der Waals surface area contributed by atoms with Crippen molar-refractivity contribution < 1.29 is 20.1 Å². The predicted molar refractivity (Wildman–Crippen MR) is 58.5 cm³/mol. The Morgan fingerprint density at radius 2 is 2.18 bits per heavy atom. The van der Waals surface area contributed by atoms with E-state index in [2.05, 4.69) is 10.0 Å². The molecule has 90 valence electrons. The van der Waals surface area contributed by atoms with Crippen LogP contribution in [0.25, 0.3) is 10.4 Å². The highest BCUT2D eigenvalue weighted by atomic mass is 16.3. The first-order valence-corrected chi connectivity index (χ1v) is 4.75. The molecule has 7 heteroatoms. The summed E-state index contributed by atoms with van der Waals surface area (Å²) in [6.45, 7) is -0.331. The number of rotatable bonds is 5. The van der Waals surface area contributed by atoms with Gasteiger partial charge in [-0.25, -0.2) is 0 Å². The molecule has 7 nitrogen and oxygen atoms in total. The first-order valence-electron chi connectivity index (χ1n) is 4.75. The van der Waals surface area contributed by atoms with Crippen molar-refractivity contribution in [2.24, 2.45) is 5.11 Å². The molecule has 3 N–H and O–H groups in total. The number of hydrogen-bond acceptors (Lipinski definition) is 5. The largest absolute Gasteiger partial charge is 0.507 e. The summed E-state index contributed by atoms with van der Waals surface area (Å²) < 4.78 is 0. The van der Waals surface area contributed by atoms with Crippen molar-refractivity contribution in [3.05, 3.63) is 39.8 Å². The molecule has 2 unspecified atom stereocenters. The van der Waals surface area contributed by atoms with Gasteiger partial charge in [0.05, 0.1) is 18.2 Å². The summed E-state index contributed by atoms with van der Waals surface area (Å²) in [6.07, 6.45) is -2.34. The normalized spacial score (nSPS) is 13.5. The number of phenolic OH excluding ortho intramolecular Hbond substituents is 1. The smallest absolute Gasteiger partial charge is 0.153 e. The van der Waals surface area contributed by atoms with Crippen molar-refractivity contribution in [3.8, 4) is 5.75 Å². The lowest BCUT2D eigenvalue weighted by atomic mass is 10.0. The van der Waals surface area contributed by atoms with E-state index in [9.17, 15) is 20.1 Å². The first-order chi connectivity index (χ1) is 8.11. The zero-order chi connectivity index (χ0) is 12.8. The van der Waals surface area contributed by atoms with Crippen molar-refractivity contribution in [2.75, 3.05) is 6.54 Å². The maximum absolute atomic E-state index is 10.6. The van der Waals surface area contributed by atoms with Gasteiger partial charge >= 0.3 is 0 Å². The molecular weight excluding hydrogens is 226 g/mol. The number of aliphatic hydroxyl groups is 2. The lowest BCUT2D eigenvalue weighted by molar-refractivity contribution is 0.0230. The Morgan fingerprint density at radius 1 is 1.47 bits per heavy atom. The maximum atomic E-state index is 10.6. The number of aliphatic hydroxyl groups excluding tert-OH is 2.